The molecule has 1 aliphatic heterocycles. The Hall–Kier alpha value is -2.40. The predicted octanol–water partition coefficient (Wildman–Crippen LogP) is 3.40. The molecule has 2 N–H and O–H groups in total. The molecule has 1 unspecified atom stereocenters. The Kier molecular flexibility index (Phi) is 6.23. The monoisotopic (exact) mass is 356 g/mol. The van der Waals surface area contributed by atoms with E-state index in [4.69, 9.17) is 10.5 Å². The van der Waals surface area contributed by atoms with Crippen molar-refractivity contribution < 1.29 is 13.9 Å². The number of hydrogen-bond donors (Lipinski definition) is 1. The van der Waals surface area contributed by atoms with Crippen LogP contribution >= 0.6 is 0 Å². The lowest BCUT2D eigenvalue weighted by Crippen LogP contribution is -2.43. The summed E-state index contributed by atoms with van der Waals surface area (Å²) in [6.45, 7) is 2.22. The van der Waals surface area contributed by atoms with Gasteiger partial charge in [-0.1, -0.05) is 36.8 Å². The molecule has 1 aliphatic rings. The van der Waals surface area contributed by atoms with Crippen molar-refractivity contribution in [3.8, 4) is 5.75 Å². The van der Waals surface area contributed by atoms with Crippen molar-refractivity contribution in [1.29, 1.82) is 0 Å². The maximum atomic E-state index is 14.0. The number of ether oxygens (including phenoxy) is 1. The lowest BCUT2D eigenvalue weighted by Gasteiger charge is -2.35. The fourth-order valence-electron chi connectivity index (χ4n) is 3.52. The van der Waals surface area contributed by atoms with Gasteiger partial charge in [-0.15, -0.1) is 0 Å². The molecule has 26 heavy (non-hydrogen) atoms. The van der Waals surface area contributed by atoms with Crippen molar-refractivity contribution in [2.45, 2.75) is 31.7 Å². The molecule has 1 amide bonds. The average molecular weight is 356 g/mol. The van der Waals surface area contributed by atoms with Gasteiger partial charge in [-0.05, 0) is 49.6 Å². The lowest BCUT2D eigenvalue weighted by molar-refractivity contribution is 0.0999. The molecule has 0 aromatic heterocycles. The first-order valence-electron chi connectivity index (χ1n) is 9.13. The van der Waals surface area contributed by atoms with Crippen LogP contribution in [0.1, 0.15) is 35.2 Å². The van der Waals surface area contributed by atoms with Crippen LogP contribution in [-0.4, -0.2) is 36.5 Å². The Morgan fingerprint density at radius 1 is 1.19 bits per heavy atom. The highest BCUT2D eigenvalue weighted by Gasteiger charge is 2.22. The first-order valence-corrected chi connectivity index (χ1v) is 9.13. The fourth-order valence-corrected chi connectivity index (χ4v) is 3.52. The number of piperidine rings is 1. The number of carbonyl (C=O) groups excluding carboxylic acids is 1. The summed E-state index contributed by atoms with van der Waals surface area (Å²) in [5.74, 6) is -1.04. The van der Waals surface area contributed by atoms with E-state index in [1.807, 2.05) is 6.07 Å². The van der Waals surface area contributed by atoms with Crippen LogP contribution in [0.5, 0.6) is 5.75 Å². The normalized spacial score (nSPS) is 17.8. The van der Waals surface area contributed by atoms with Gasteiger partial charge in [0.15, 0.2) is 11.6 Å². The summed E-state index contributed by atoms with van der Waals surface area (Å²) in [5.41, 5.74) is 6.65. The molecule has 0 radical (unpaired) electrons. The third kappa shape index (κ3) is 4.82. The van der Waals surface area contributed by atoms with E-state index < -0.39 is 11.7 Å². The van der Waals surface area contributed by atoms with Crippen molar-refractivity contribution in [2.75, 3.05) is 19.7 Å². The summed E-state index contributed by atoms with van der Waals surface area (Å²) in [4.78, 5) is 13.5. The zero-order chi connectivity index (χ0) is 18.4. The number of amides is 1. The van der Waals surface area contributed by atoms with E-state index >= 15 is 0 Å². The number of rotatable bonds is 7. The fraction of sp³-hybridized carbons (Fsp3) is 0.381. The third-order valence-electron chi connectivity index (χ3n) is 4.92. The predicted molar refractivity (Wildman–Crippen MR) is 99.8 cm³/mol. The Morgan fingerprint density at radius 2 is 2.00 bits per heavy atom. The minimum Gasteiger partial charge on any atom is -0.489 e. The van der Waals surface area contributed by atoms with Gasteiger partial charge in [0.1, 0.15) is 6.61 Å². The van der Waals surface area contributed by atoms with Gasteiger partial charge in [-0.25, -0.2) is 4.39 Å². The van der Waals surface area contributed by atoms with Crippen molar-refractivity contribution in [3.05, 3.63) is 65.5 Å². The zero-order valence-corrected chi connectivity index (χ0v) is 14.9. The van der Waals surface area contributed by atoms with Crippen molar-refractivity contribution in [1.82, 2.24) is 4.90 Å². The number of benzene rings is 2. The number of hydrogen-bond acceptors (Lipinski definition) is 3. The van der Waals surface area contributed by atoms with E-state index in [0.717, 1.165) is 25.6 Å². The average Bonchev–Trinajstić information content (AvgIpc) is 2.65. The van der Waals surface area contributed by atoms with Crippen LogP contribution < -0.4 is 10.5 Å². The first-order chi connectivity index (χ1) is 12.6. The second kappa shape index (κ2) is 8.81. The number of likely N-dealkylation sites (tertiary alicyclic amines) is 1. The van der Waals surface area contributed by atoms with Gasteiger partial charge in [0.05, 0.1) is 0 Å². The van der Waals surface area contributed by atoms with Crippen LogP contribution in [-0.2, 0) is 6.42 Å². The second-order valence-electron chi connectivity index (χ2n) is 6.73. The van der Waals surface area contributed by atoms with Crippen LogP contribution in [0.15, 0.2) is 48.5 Å². The molecule has 1 saturated heterocycles. The Balaban J connectivity index is 1.55. The summed E-state index contributed by atoms with van der Waals surface area (Å²) in [5, 5.41) is 0. The zero-order valence-electron chi connectivity index (χ0n) is 14.9. The number of nitrogens with two attached hydrogens (primary N) is 1. The van der Waals surface area contributed by atoms with E-state index in [9.17, 15) is 9.18 Å². The summed E-state index contributed by atoms with van der Waals surface area (Å²) in [6.07, 6.45) is 4.64. The van der Waals surface area contributed by atoms with Gasteiger partial charge < -0.3 is 10.5 Å². The smallest absolute Gasteiger partial charge is 0.248 e. The maximum Gasteiger partial charge on any atom is 0.248 e. The van der Waals surface area contributed by atoms with Crippen LogP contribution in [0, 0.1) is 5.82 Å². The van der Waals surface area contributed by atoms with E-state index in [2.05, 4.69) is 29.2 Å². The minimum absolute atomic E-state index is 0.147. The molecule has 0 aliphatic carbocycles. The van der Waals surface area contributed by atoms with Crippen LogP contribution in [0.25, 0.3) is 0 Å². The van der Waals surface area contributed by atoms with Crippen LogP contribution in [0.3, 0.4) is 0 Å². The highest BCUT2D eigenvalue weighted by atomic mass is 19.1. The van der Waals surface area contributed by atoms with E-state index in [0.29, 0.717) is 12.6 Å². The van der Waals surface area contributed by atoms with Crippen molar-refractivity contribution in [2.24, 2.45) is 5.73 Å². The van der Waals surface area contributed by atoms with E-state index in [1.165, 1.54) is 37.0 Å². The van der Waals surface area contributed by atoms with Crippen LogP contribution in [0.4, 0.5) is 4.39 Å². The molecule has 0 bridgehead atoms. The molecule has 0 saturated carbocycles. The topological polar surface area (TPSA) is 55.6 Å². The molecule has 2 aromatic carbocycles. The molecule has 1 heterocycles. The van der Waals surface area contributed by atoms with Gasteiger partial charge in [-0.2, -0.15) is 0 Å². The van der Waals surface area contributed by atoms with Gasteiger partial charge in [0.25, 0.3) is 0 Å². The number of halogens is 1. The SMILES string of the molecule is NC(=O)c1ccc(OCCN2CCCCC2Cc2ccccc2)c(F)c1. The Morgan fingerprint density at radius 3 is 2.73 bits per heavy atom. The molecule has 5 heteroatoms. The Labute approximate surface area is 153 Å². The summed E-state index contributed by atoms with van der Waals surface area (Å²) in [7, 11) is 0. The largest absolute Gasteiger partial charge is 0.489 e. The summed E-state index contributed by atoms with van der Waals surface area (Å²) in [6, 6.07) is 15.1. The quantitative estimate of drug-likeness (QED) is 0.827. The highest BCUT2D eigenvalue weighted by Crippen LogP contribution is 2.22. The number of nitrogens with zero attached hydrogens (tertiary/aromatic N) is 1. The first kappa shape index (κ1) is 18.4. The molecule has 0 spiro atoms. The molecule has 138 valence electrons. The second-order valence-corrected chi connectivity index (χ2v) is 6.73. The van der Waals surface area contributed by atoms with Crippen molar-refractivity contribution >= 4 is 5.91 Å². The lowest BCUT2D eigenvalue weighted by atomic mass is 9.96. The van der Waals surface area contributed by atoms with Crippen LogP contribution in [0.2, 0.25) is 0 Å². The van der Waals surface area contributed by atoms with Gasteiger partial charge in [-0.3, -0.25) is 9.69 Å². The molecular formula is C21H25FN2O2. The standard InChI is InChI=1S/C21H25FN2O2/c22-19-15-17(21(23)25)9-10-20(19)26-13-12-24-11-5-4-8-18(24)14-16-6-2-1-3-7-16/h1-3,6-7,9-10,15,18H,4-5,8,11-14H2,(H2,23,25). The molecule has 1 atom stereocenters. The summed E-state index contributed by atoms with van der Waals surface area (Å²) >= 11 is 0. The number of carbonyl (C=O) groups is 1. The third-order valence-corrected chi connectivity index (χ3v) is 4.92. The molecular weight excluding hydrogens is 331 g/mol. The highest BCUT2D eigenvalue weighted by molar-refractivity contribution is 5.92. The summed E-state index contributed by atoms with van der Waals surface area (Å²) < 4.78 is 19.6. The molecule has 1 fully saturated rings. The molecule has 2 aromatic rings. The van der Waals surface area contributed by atoms with Gasteiger partial charge >= 0.3 is 0 Å². The number of primary amides is 1. The molecule has 4 nitrogen and oxygen atoms in total. The molecule has 3 rings (SSSR count). The van der Waals surface area contributed by atoms with E-state index in [1.54, 1.807) is 0 Å². The maximum absolute atomic E-state index is 14.0. The van der Waals surface area contributed by atoms with Gasteiger partial charge in [0, 0.05) is 18.2 Å². The van der Waals surface area contributed by atoms with Gasteiger partial charge in [0.2, 0.25) is 5.91 Å². The Bertz CT molecular complexity index is 736. The minimum atomic E-state index is -0.646. The van der Waals surface area contributed by atoms with Crippen molar-refractivity contribution in [3.63, 3.8) is 0 Å². The van der Waals surface area contributed by atoms with E-state index in [-0.39, 0.29) is 11.3 Å².